The number of nitrogens with one attached hydrogen (secondary N) is 1. The number of benzene rings is 2. The molecule has 0 amide bonds. The van der Waals surface area contributed by atoms with Crippen molar-refractivity contribution in [2.45, 2.75) is 19.5 Å². The van der Waals surface area contributed by atoms with Crippen LogP contribution in [0.15, 0.2) is 42.5 Å². The topological polar surface area (TPSA) is 35.5 Å². The summed E-state index contributed by atoms with van der Waals surface area (Å²) in [5.74, 6) is 0.312. The maximum Gasteiger partial charge on any atom is 0.122 e. The average Bonchev–Trinajstić information content (AvgIpc) is 2.46. The Balaban J connectivity index is 2.16. The highest BCUT2D eigenvalue weighted by Crippen LogP contribution is 2.29. The Hall–Kier alpha value is -1.71. The smallest absolute Gasteiger partial charge is 0.122 e. The third-order valence-corrected chi connectivity index (χ3v) is 3.90. The van der Waals surface area contributed by atoms with Crippen LogP contribution in [0.1, 0.15) is 24.1 Å². The summed E-state index contributed by atoms with van der Waals surface area (Å²) < 4.78 is 0. The van der Waals surface area contributed by atoms with Gasteiger partial charge in [-0.1, -0.05) is 29.8 Å². The van der Waals surface area contributed by atoms with Crippen LogP contribution in [0, 0.1) is 0 Å². The predicted octanol–water partition coefficient (Wildman–Crippen LogP) is 3.96. The lowest BCUT2D eigenvalue weighted by atomic mass is 10.1. The molecule has 0 aliphatic rings. The van der Waals surface area contributed by atoms with E-state index in [4.69, 9.17) is 11.6 Å². The van der Waals surface area contributed by atoms with E-state index in [1.807, 2.05) is 57.4 Å². The third kappa shape index (κ3) is 3.90. The normalized spacial score (nSPS) is 12.2. The third-order valence-electron chi connectivity index (χ3n) is 3.66. The first-order chi connectivity index (χ1) is 10.0. The minimum absolute atomic E-state index is 0.122. The molecule has 0 aromatic heterocycles. The first-order valence-electron chi connectivity index (χ1n) is 6.97. The van der Waals surface area contributed by atoms with Gasteiger partial charge in [-0.15, -0.1) is 0 Å². The van der Waals surface area contributed by atoms with Crippen LogP contribution in [0.4, 0.5) is 5.69 Å². The van der Waals surface area contributed by atoms with Gasteiger partial charge in [0, 0.05) is 42.0 Å². The number of aromatic hydroxyl groups is 1. The molecule has 1 atom stereocenters. The highest BCUT2D eigenvalue weighted by Gasteiger charge is 2.11. The van der Waals surface area contributed by atoms with E-state index in [-0.39, 0.29) is 6.04 Å². The van der Waals surface area contributed by atoms with Crippen LogP contribution in [-0.2, 0) is 6.54 Å². The SMILES string of the molecule is CNC(C)c1ccc(N(C)Cc2cccc(Cl)c2)cc1O. The lowest BCUT2D eigenvalue weighted by Gasteiger charge is -2.21. The van der Waals surface area contributed by atoms with Gasteiger partial charge in [0.15, 0.2) is 0 Å². The second-order valence-corrected chi connectivity index (χ2v) is 5.68. The molecule has 0 radical (unpaired) electrons. The largest absolute Gasteiger partial charge is 0.508 e. The van der Waals surface area contributed by atoms with E-state index in [1.54, 1.807) is 6.07 Å². The lowest BCUT2D eigenvalue weighted by molar-refractivity contribution is 0.458. The molecule has 2 rings (SSSR count). The minimum atomic E-state index is 0.122. The number of nitrogens with zero attached hydrogens (tertiary/aromatic N) is 1. The fourth-order valence-corrected chi connectivity index (χ4v) is 2.50. The molecule has 0 spiro atoms. The summed E-state index contributed by atoms with van der Waals surface area (Å²) in [5, 5.41) is 14.0. The molecular weight excluding hydrogens is 284 g/mol. The standard InChI is InChI=1S/C17H21ClN2O/c1-12(19-2)16-8-7-15(10-17(16)21)20(3)11-13-5-4-6-14(18)9-13/h4-10,12,19,21H,11H2,1-3H3. The number of anilines is 1. The van der Waals surface area contributed by atoms with Crippen LogP contribution in [0.2, 0.25) is 5.02 Å². The Labute approximate surface area is 131 Å². The molecule has 2 aromatic carbocycles. The van der Waals surface area contributed by atoms with Gasteiger partial charge in [-0.25, -0.2) is 0 Å². The molecular formula is C17H21ClN2O. The summed E-state index contributed by atoms with van der Waals surface area (Å²) in [6.07, 6.45) is 0. The van der Waals surface area contributed by atoms with Gasteiger partial charge in [-0.05, 0) is 37.7 Å². The van der Waals surface area contributed by atoms with Gasteiger partial charge < -0.3 is 15.3 Å². The number of phenolic OH excluding ortho intramolecular Hbond substituents is 1. The predicted molar refractivity (Wildman–Crippen MR) is 89.1 cm³/mol. The van der Waals surface area contributed by atoms with E-state index in [9.17, 15) is 5.11 Å². The molecule has 0 saturated carbocycles. The highest BCUT2D eigenvalue weighted by molar-refractivity contribution is 6.30. The summed E-state index contributed by atoms with van der Waals surface area (Å²) in [7, 11) is 3.88. The number of hydrogen-bond acceptors (Lipinski definition) is 3. The van der Waals surface area contributed by atoms with Crippen LogP contribution in [0.3, 0.4) is 0 Å². The highest BCUT2D eigenvalue weighted by atomic mass is 35.5. The monoisotopic (exact) mass is 304 g/mol. The molecule has 0 aliphatic carbocycles. The minimum Gasteiger partial charge on any atom is -0.508 e. The van der Waals surface area contributed by atoms with E-state index >= 15 is 0 Å². The molecule has 0 aliphatic heterocycles. The van der Waals surface area contributed by atoms with E-state index in [1.165, 1.54) is 0 Å². The van der Waals surface area contributed by atoms with E-state index in [0.29, 0.717) is 5.75 Å². The van der Waals surface area contributed by atoms with Crippen molar-refractivity contribution in [2.75, 3.05) is 19.0 Å². The van der Waals surface area contributed by atoms with Gasteiger partial charge in [-0.3, -0.25) is 0 Å². The lowest BCUT2D eigenvalue weighted by Crippen LogP contribution is -2.17. The Morgan fingerprint density at radius 3 is 2.62 bits per heavy atom. The van der Waals surface area contributed by atoms with E-state index < -0.39 is 0 Å². The van der Waals surface area contributed by atoms with Gasteiger partial charge in [0.1, 0.15) is 5.75 Å². The van der Waals surface area contributed by atoms with Crippen molar-refractivity contribution in [2.24, 2.45) is 0 Å². The maximum atomic E-state index is 10.2. The molecule has 2 N–H and O–H groups in total. The fraction of sp³-hybridized carbons (Fsp3) is 0.294. The number of phenols is 1. The zero-order valence-electron chi connectivity index (χ0n) is 12.6. The zero-order valence-corrected chi connectivity index (χ0v) is 13.4. The molecule has 0 bridgehead atoms. The van der Waals surface area contributed by atoms with E-state index in [0.717, 1.165) is 28.4 Å². The van der Waals surface area contributed by atoms with Crippen molar-refractivity contribution in [1.82, 2.24) is 5.32 Å². The van der Waals surface area contributed by atoms with Gasteiger partial charge in [0.25, 0.3) is 0 Å². The Kier molecular flexibility index (Phi) is 5.10. The van der Waals surface area contributed by atoms with Crippen LogP contribution in [-0.4, -0.2) is 19.2 Å². The molecule has 4 heteroatoms. The van der Waals surface area contributed by atoms with Gasteiger partial charge >= 0.3 is 0 Å². The Bertz CT molecular complexity index is 615. The summed E-state index contributed by atoms with van der Waals surface area (Å²) >= 11 is 6.01. The van der Waals surface area contributed by atoms with Crippen LogP contribution in [0.25, 0.3) is 0 Å². The molecule has 0 heterocycles. The Morgan fingerprint density at radius 2 is 2.00 bits per heavy atom. The van der Waals surface area contributed by atoms with Crippen LogP contribution >= 0.6 is 11.6 Å². The first kappa shape index (κ1) is 15.7. The number of rotatable bonds is 5. The van der Waals surface area contributed by atoms with Crippen LogP contribution < -0.4 is 10.2 Å². The summed E-state index contributed by atoms with van der Waals surface area (Å²) in [5.41, 5.74) is 3.01. The van der Waals surface area contributed by atoms with E-state index in [2.05, 4.69) is 10.2 Å². The van der Waals surface area contributed by atoms with Crippen molar-refractivity contribution in [1.29, 1.82) is 0 Å². The molecule has 2 aromatic rings. The average molecular weight is 305 g/mol. The summed E-state index contributed by atoms with van der Waals surface area (Å²) in [4.78, 5) is 2.08. The Morgan fingerprint density at radius 1 is 1.24 bits per heavy atom. The van der Waals surface area contributed by atoms with Gasteiger partial charge in [0.05, 0.1) is 0 Å². The second-order valence-electron chi connectivity index (χ2n) is 5.24. The summed E-state index contributed by atoms with van der Waals surface area (Å²) in [6.45, 7) is 2.76. The molecule has 1 unspecified atom stereocenters. The quantitative estimate of drug-likeness (QED) is 0.877. The van der Waals surface area contributed by atoms with Gasteiger partial charge in [0.2, 0.25) is 0 Å². The fourth-order valence-electron chi connectivity index (χ4n) is 2.29. The van der Waals surface area contributed by atoms with Crippen molar-refractivity contribution in [3.63, 3.8) is 0 Å². The maximum absolute atomic E-state index is 10.2. The molecule has 0 fully saturated rings. The van der Waals surface area contributed by atoms with Crippen LogP contribution in [0.5, 0.6) is 5.75 Å². The molecule has 0 saturated heterocycles. The first-order valence-corrected chi connectivity index (χ1v) is 7.35. The second kappa shape index (κ2) is 6.83. The van der Waals surface area contributed by atoms with Crippen molar-refractivity contribution < 1.29 is 5.11 Å². The molecule has 21 heavy (non-hydrogen) atoms. The van der Waals surface area contributed by atoms with Crippen molar-refractivity contribution >= 4 is 17.3 Å². The summed E-state index contributed by atoms with van der Waals surface area (Å²) in [6, 6.07) is 13.7. The van der Waals surface area contributed by atoms with Gasteiger partial charge in [-0.2, -0.15) is 0 Å². The zero-order chi connectivity index (χ0) is 15.4. The van der Waals surface area contributed by atoms with Crippen molar-refractivity contribution in [3.8, 4) is 5.75 Å². The number of halogens is 1. The molecule has 112 valence electrons. The number of hydrogen-bond donors (Lipinski definition) is 2. The van der Waals surface area contributed by atoms with Crippen molar-refractivity contribution in [3.05, 3.63) is 58.6 Å². The molecule has 3 nitrogen and oxygen atoms in total.